The van der Waals surface area contributed by atoms with E-state index in [1.165, 1.54) is 27.6 Å². The van der Waals surface area contributed by atoms with Gasteiger partial charge in [0, 0.05) is 21.5 Å². The molecular formula is C26H18ClN. The lowest BCUT2D eigenvalue weighted by Gasteiger charge is -2.09. The lowest BCUT2D eigenvalue weighted by molar-refractivity contribution is 1.45. The Bertz CT molecular complexity index is 1250. The van der Waals surface area contributed by atoms with Gasteiger partial charge in [-0.15, -0.1) is 0 Å². The number of nitrogens with one attached hydrogen (secondary N) is 1. The van der Waals surface area contributed by atoms with Crippen molar-refractivity contribution in [2.45, 2.75) is 0 Å². The Morgan fingerprint density at radius 3 is 2.04 bits per heavy atom. The third-order valence-corrected chi connectivity index (χ3v) is 5.35. The number of H-pyrrole nitrogens is 1. The average Bonchev–Trinajstić information content (AvgIpc) is 3.14. The van der Waals surface area contributed by atoms with Crippen LogP contribution in [0.2, 0.25) is 5.02 Å². The van der Waals surface area contributed by atoms with Gasteiger partial charge >= 0.3 is 0 Å². The number of hydrogen-bond donors (Lipinski definition) is 1. The summed E-state index contributed by atoms with van der Waals surface area (Å²) in [6.45, 7) is 0. The summed E-state index contributed by atoms with van der Waals surface area (Å²) in [6.07, 6.45) is 0. The molecule has 4 aromatic carbocycles. The predicted octanol–water partition coefficient (Wildman–Crippen LogP) is 7.82. The van der Waals surface area contributed by atoms with E-state index >= 15 is 0 Å². The molecule has 1 N–H and O–H groups in total. The van der Waals surface area contributed by atoms with Crippen LogP contribution in [0.1, 0.15) is 0 Å². The minimum Gasteiger partial charge on any atom is -0.354 e. The topological polar surface area (TPSA) is 15.8 Å². The van der Waals surface area contributed by atoms with Gasteiger partial charge in [-0.2, -0.15) is 0 Å². The van der Waals surface area contributed by atoms with Crippen LogP contribution in [0.4, 0.5) is 0 Å². The van der Waals surface area contributed by atoms with Gasteiger partial charge in [-0.1, -0.05) is 90.5 Å². The van der Waals surface area contributed by atoms with Crippen molar-refractivity contribution in [3.8, 4) is 33.5 Å². The second kappa shape index (κ2) is 7.03. The van der Waals surface area contributed by atoms with E-state index in [-0.39, 0.29) is 0 Å². The first-order valence-corrected chi connectivity index (χ1v) is 9.70. The van der Waals surface area contributed by atoms with E-state index in [1.807, 2.05) is 18.2 Å². The normalized spacial score (nSPS) is 11.0. The molecule has 0 aliphatic rings. The highest BCUT2D eigenvalue weighted by Crippen LogP contribution is 2.39. The molecule has 1 aromatic heterocycles. The molecule has 2 heteroatoms. The summed E-state index contributed by atoms with van der Waals surface area (Å²) in [5, 5.41) is 1.96. The van der Waals surface area contributed by atoms with Gasteiger partial charge in [-0.05, 0) is 46.5 Å². The van der Waals surface area contributed by atoms with Gasteiger partial charge in [-0.3, -0.25) is 0 Å². The Labute approximate surface area is 169 Å². The maximum Gasteiger partial charge on any atom is 0.0544 e. The first-order valence-electron chi connectivity index (χ1n) is 9.32. The Morgan fingerprint density at radius 2 is 1.21 bits per heavy atom. The van der Waals surface area contributed by atoms with Crippen molar-refractivity contribution < 1.29 is 0 Å². The summed E-state index contributed by atoms with van der Waals surface area (Å²) in [7, 11) is 0. The molecule has 0 aliphatic heterocycles. The lowest BCUT2D eigenvalue weighted by atomic mass is 9.95. The van der Waals surface area contributed by atoms with Crippen LogP contribution in [-0.4, -0.2) is 4.98 Å². The zero-order valence-electron chi connectivity index (χ0n) is 15.2. The Kier molecular flexibility index (Phi) is 4.23. The van der Waals surface area contributed by atoms with Crippen LogP contribution in [0.5, 0.6) is 0 Å². The van der Waals surface area contributed by atoms with Gasteiger partial charge in [0.15, 0.2) is 0 Å². The molecule has 5 rings (SSSR count). The third kappa shape index (κ3) is 3.00. The maximum absolute atomic E-state index is 6.11. The van der Waals surface area contributed by atoms with Crippen molar-refractivity contribution in [3.05, 3.63) is 108 Å². The Balaban J connectivity index is 1.75. The van der Waals surface area contributed by atoms with Gasteiger partial charge < -0.3 is 4.98 Å². The molecule has 0 spiro atoms. The van der Waals surface area contributed by atoms with Gasteiger partial charge in [-0.25, -0.2) is 0 Å². The number of hydrogen-bond acceptors (Lipinski definition) is 0. The summed E-state index contributed by atoms with van der Waals surface area (Å²) in [5.41, 5.74) is 8.22. The van der Waals surface area contributed by atoms with Crippen LogP contribution >= 0.6 is 11.6 Å². The minimum absolute atomic E-state index is 0.743. The highest BCUT2D eigenvalue weighted by atomic mass is 35.5. The molecule has 134 valence electrons. The van der Waals surface area contributed by atoms with Crippen molar-refractivity contribution in [1.29, 1.82) is 0 Å². The molecular weight excluding hydrogens is 362 g/mol. The highest BCUT2D eigenvalue weighted by Gasteiger charge is 2.15. The molecule has 0 fully saturated rings. The number of aromatic amines is 1. The zero-order valence-corrected chi connectivity index (χ0v) is 15.9. The second-order valence-electron chi connectivity index (χ2n) is 6.87. The summed E-state index contributed by atoms with van der Waals surface area (Å²) in [5.74, 6) is 0. The number of aromatic nitrogens is 1. The SMILES string of the molecule is Clc1ccc(-c2[nH]c3ccccc3c2-c2cccc(-c3ccccc3)c2)cc1. The standard InChI is InChI=1S/C26H18ClN/c27-22-15-13-19(14-16-22)26-25(23-11-4-5-12-24(23)28-26)21-10-6-9-20(17-21)18-7-2-1-3-8-18/h1-17,28H. The van der Waals surface area contributed by atoms with Crippen LogP contribution in [0.25, 0.3) is 44.4 Å². The molecule has 0 unspecified atom stereocenters. The monoisotopic (exact) mass is 379 g/mol. The fraction of sp³-hybridized carbons (Fsp3) is 0. The van der Waals surface area contributed by atoms with E-state index in [0.29, 0.717) is 0 Å². The van der Waals surface area contributed by atoms with Crippen molar-refractivity contribution >= 4 is 22.5 Å². The maximum atomic E-state index is 6.11. The summed E-state index contributed by atoms with van der Waals surface area (Å²) < 4.78 is 0. The molecule has 0 saturated heterocycles. The Morgan fingerprint density at radius 1 is 0.536 bits per heavy atom. The third-order valence-electron chi connectivity index (χ3n) is 5.10. The van der Waals surface area contributed by atoms with Crippen LogP contribution in [-0.2, 0) is 0 Å². The van der Waals surface area contributed by atoms with Gasteiger partial charge in [0.05, 0.1) is 5.69 Å². The van der Waals surface area contributed by atoms with Crippen LogP contribution in [0, 0.1) is 0 Å². The second-order valence-corrected chi connectivity index (χ2v) is 7.31. The van der Waals surface area contributed by atoms with E-state index in [4.69, 9.17) is 11.6 Å². The van der Waals surface area contributed by atoms with Gasteiger partial charge in [0.1, 0.15) is 0 Å². The van der Waals surface area contributed by atoms with Gasteiger partial charge in [0.25, 0.3) is 0 Å². The molecule has 0 amide bonds. The molecule has 1 heterocycles. The van der Waals surface area contributed by atoms with E-state index in [9.17, 15) is 0 Å². The first kappa shape index (κ1) is 16.9. The molecule has 0 saturated carbocycles. The largest absolute Gasteiger partial charge is 0.354 e. The van der Waals surface area contributed by atoms with Crippen LogP contribution in [0.15, 0.2) is 103 Å². The van der Waals surface area contributed by atoms with Gasteiger partial charge in [0.2, 0.25) is 0 Å². The van der Waals surface area contributed by atoms with E-state index in [2.05, 4.69) is 89.9 Å². The molecule has 0 radical (unpaired) electrons. The average molecular weight is 380 g/mol. The number of fused-ring (bicyclic) bond motifs is 1. The van der Waals surface area contributed by atoms with Crippen molar-refractivity contribution in [2.24, 2.45) is 0 Å². The van der Waals surface area contributed by atoms with Crippen molar-refractivity contribution in [3.63, 3.8) is 0 Å². The molecule has 0 atom stereocenters. The molecule has 0 bridgehead atoms. The van der Waals surface area contributed by atoms with Crippen molar-refractivity contribution in [1.82, 2.24) is 4.98 Å². The highest BCUT2D eigenvalue weighted by molar-refractivity contribution is 6.30. The molecule has 28 heavy (non-hydrogen) atoms. The number of para-hydroxylation sites is 1. The quantitative estimate of drug-likeness (QED) is 0.329. The van der Waals surface area contributed by atoms with Crippen molar-refractivity contribution in [2.75, 3.05) is 0 Å². The van der Waals surface area contributed by atoms with E-state index < -0.39 is 0 Å². The van der Waals surface area contributed by atoms with Crippen LogP contribution in [0.3, 0.4) is 0 Å². The van der Waals surface area contributed by atoms with E-state index in [0.717, 1.165) is 21.8 Å². The zero-order chi connectivity index (χ0) is 18.9. The molecule has 1 nitrogen and oxygen atoms in total. The molecule has 0 aliphatic carbocycles. The minimum atomic E-state index is 0.743. The summed E-state index contributed by atoms with van der Waals surface area (Å²) in [6, 6.07) is 35.7. The van der Waals surface area contributed by atoms with E-state index in [1.54, 1.807) is 0 Å². The fourth-order valence-corrected chi connectivity index (χ4v) is 3.89. The fourth-order valence-electron chi connectivity index (χ4n) is 3.76. The Hall–Kier alpha value is -3.29. The van der Waals surface area contributed by atoms with Crippen LogP contribution < -0.4 is 0 Å². The predicted molar refractivity (Wildman–Crippen MR) is 120 cm³/mol. The molecule has 5 aromatic rings. The number of benzene rings is 4. The number of halogens is 1. The lowest BCUT2D eigenvalue weighted by Crippen LogP contribution is -1.84. The number of rotatable bonds is 3. The summed E-state index contributed by atoms with van der Waals surface area (Å²) in [4.78, 5) is 3.61. The summed E-state index contributed by atoms with van der Waals surface area (Å²) >= 11 is 6.11. The smallest absolute Gasteiger partial charge is 0.0544 e. The first-order chi connectivity index (χ1) is 13.8.